The standard InChI is InChI=1S/C9H18/c1-5-7-9(6-2)8(3)4/h6,8-9H,2,5,7H2,1,3-4H3. The SMILES string of the molecule is C=CC(CCC)C(C)C. The summed E-state index contributed by atoms with van der Waals surface area (Å²) >= 11 is 0. The molecule has 0 aromatic rings. The zero-order valence-electron chi connectivity index (χ0n) is 6.85. The molecule has 0 saturated heterocycles. The van der Waals surface area contributed by atoms with Crippen molar-refractivity contribution in [2.24, 2.45) is 11.8 Å². The van der Waals surface area contributed by atoms with Crippen LogP contribution in [0.4, 0.5) is 0 Å². The van der Waals surface area contributed by atoms with Crippen molar-refractivity contribution in [3.05, 3.63) is 12.7 Å². The van der Waals surface area contributed by atoms with Gasteiger partial charge in [0.05, 0.1) is 0 Å². The summed E-state index contributed by atoms with van der Waals surface area (Å²) in [6.45, 7) is 10.5. The fraction of sp³-hybridized carbons (Fsp3) is 0.778. The highest BCUT2D eigenvalue weighted by molar-refractivity contribution is 4.80. The normalized spacial score (nSPS) is 13.8. The summed E-state index contributed by atoms with van der Waals surface area (Å²) in [5, 5.41) is 0. The molecule has 0 amide bonds. The first-order valence-corrected chi connectivity index (χ1v) is 3.84. The van der Waals surface area contributed by atoms with Crippen LogP contribution in [0.1, 0.15) is 33.6 Å². The quantitative estimate of drug-likeness (QED) is 0.507. The second-order valence-electron chi connectivity index (χ2n) is 2.93. The Labute approximate surface area is 59.0 Å². The number of hydrogen-bond acceptors (Lipinski definition) is 0. The van der Waals surface area contributed by atoms with Gasteiger partial charge in [-0.2, -0.15) is 0 Å². The maximum absolute atomic E-state index is 3.80. The van der Waals surface area contributed by atoms with Crippen LogP contribution >= 0.6 is 0 Å². The average Bonchev–Trinajstić information content (AvgIpc) is 1.82. The summed E-state index contributed by atoms with van der Waals surface area (Å²) in [5.74, 6) is 1.50. The molecule has 0 aliphatic heterocycles. The van der Waals surface area contributed by atoms with Gasteiger partial charge in [0, 0.05) is 0 Å². The van der Waals surface area contributed by atoms with Gasteiger partial charge in [-0.25, -0.2) is 0 Å². The van der Waals surface area contributed by atoms with Crippen LogP contribution in [-0.2, 0) is 0 Å². The van der Waals surface area contributed by atoms with Crippen LogP contribution in [0, 0.1) is 11.8 Å². The molecule has 1 atom stereocenters. The molecule has 1 unspecified atom stereocenters. The first kappa shape index (κ1) is 8.74. The fourth-order valence-electron chi connectivity index (χ4n) is 1.06. The van der Waals surface area contributed by atoms with Crippen molar-refractivity contribution in [1.29, 1.82) is 0 Å². The van der Waals surface area contributed by atoms with Gasteiger partial charge in [0.1, 0.15) is 0 Å². The topological polar surface area (TPSA) is 0 Å². The van der Waals surface area contributed by atoms with Crippen LogP contribution in [0.5, 0.6) is 0 Å². The maximum atomic E-state index is 3.80. The fourth-order valence-corrected chi connectivity index (χ4v) is 1.06. The molecule has 0 spiro atoms. The largest absolute Gasteiger partial charge is 0.103 e. The summed E-state index contributed by atoms with van der Waals surface area (Å²) < 4.78 is 0. The minimum absolute atomic E-state index is 0.731. The van der Waals surface area contributed by atoms with Gasteiger partial charge < -0.3 is 0 Å². The summed E-state index contributed by atoms with van der Waals surface area (Å²) in [7, 11) is 0. The molecule has 0 aromatic heterocycles. The van der Waals surface area contributed by atoms with Gasteiger partial charge in [-0.1, -0.05) is 33.3 Å². The Morgan fingerprint density at radius 3 is 2.11 bits per heavy atom. The Balaban J connectivity index is 3.54. The number of hydrogen-bond donors (Lipinski definition) is 0. The molecule has 0 aromatic carbocycles. The van der Waals surface area contributed by atoms with E-state index in [9.17, 15) is 0 Å². The van der Waals surface area contributed by atoms with Crippen LogP contribution in [0.25, 0.3) is 0 Å². The van der Waals surface area contributed by atoms with Gasteiger partial charge in [0.15, 0.2) is 0 Å². The first-order valence-electron chi connectivity index (χ1n) is 3.84. The van der Waals surface area contributed by atoms with Crippen molar-refractivity contribution < 1.29 is 0 Å². The van der Waals surface area contributed by atoms with E-state index in [2.05, 4.69) is 33.4 Å². The molecule has 0 saturated carbocycles. The summed E-state index contributed by atoms with van der Waals surface area (Å²) in [6.07, 6.45) is 4.64. The van der Waals surface area contributed by atoms with E-state index in [0.29, 0.717) is 0 Å². The molecule has 0 bridgehead atoms. The van der Waals surface area contributed by atoms with Gasteiger partial charge in [0.25, 0.3) is 0 Å². The smallest absolute Gasteiger partial charge is 0.0213 e. The van der Waals surface area contributed by atoms with Gasteiger partial charge in [-0.05, 0) is 18.3 Å². The van der Waals surface area contributed by atoms with E-state index >= 15 is 0 Å². The van der Waals surface area contributed by atoms with Crippen molar-refractivity contribution in [2.75, 3.05) is 0 Å². The Hall–Kier alpha value is -0.260. The molecule has 0 heteroatoms. The van der Waals surface area contributed by atoms with Gasteiger partial charge in [0.2, 0.25) is 0 Å². The highest BCUT2D eigenvalue weighted by Crippen LogP contribution is 2.16. The van der Waals surface area contributed by atoms with E-state index in [-0.39, 0.29) is 0 Å². The Morgan fingerprint density at radius 2 is 2.00 bits per heavy atom. The predicted octanol–water partition coefficient (Wildman–Crippen LogP) is 3.24. The lowest BCUT2D eigenvalue weighted by Gasteiger charge is -2.14. The van der Waals surface area contributed by atoms with Crippen molar-refractivity contribution in [2.45, 2.75) is 33.6 Å². The lowest BCUT2D eigenvalue weighted by atomic mass is 9.92. The van der Waals surface area contributed by atoms with E-state index in [4.69, 9.17) is 0 Å². The molecule has 54 valence electrons. The summed E-state index contributed by atoms with van der Waals surface area (Å²) in [6, 6.07) is 0. The average molecular weight is 126 g/mol. The third kappa shape index (κ3) is 3.34. The minimum atomic E-state index is 0.731. The van der Waals surface area contributed by atoms with Crippen LogP contribution in [0.15, 0.2) is 12.7 Å². The van der Waals surface area contributed by atoms with Crippen molar-refractivity contribution in [3.8, 4) is 0 Å². The van der Waals surface area contributed by atoms with Gasteiger partial charge in [-0.3, -0.25) is 0 Å². The molecule has 0 aliphatic rings. The van der Waals surface area contributed by atoms with E-state index in [1.807, 2.05) is 0 Å². The summed E-state index contributed by atoms with van der Waals surface area (Å²) in [4.78, 5) is 0. The van der Waals surface area contributed by atoms with E-state index in [1.54, 1.807) is 0 Å². The van der Waals surface area contributed by atoms with Crippen molar-refractivity contribution >= 4 is 0 Å². The van der Waals surface area contributed by atoms with Crippen LogP contribution in [0.3, 0.4) is 0 Å². The van der Waals surface area contributed by atoms with Crippen LogP contribution in [-0.4, -0.2) is 0 Å². The molecule has 0 heterocycles. The second kappa shape index (κ2) is 4.60. The molecule has 0 nitrogen and oxygen atoms in total. The molecular weight excluding hydrogens is 108 g/mol. The lowest BCUT2D eigenvalue weighted by molar-refractivity contribution is 0.433. The Bertz CT molecular complexity index is 72.1. The van der Waals surface area contributed by atoms with Crippen molar-refractivity contribution in [3.63, 3.8) is 0 Å². The molecule has 0 radical (unpaired) electrons. The second-order valence-corrected chi connectivity index (χ2v) is 2.93. The zero-order valence-corrected chi connectivity index (χ0v) is 6.85. The Morgan fingerprint density at radius 1 is 1.44 bits per heavy atom. The van der Waals surface area contributed by atoms with Gasteiger partial charge in [-0.15, -0.1) is 6.58 Å². The maximum Gasteiger partial charge on any atom is -0.0213 e. The number of rotatable bonds is 4. The lowest BCUT2D eigenvalue weighted by Crippen LogP contribution is -2.03. The first-order chi connectivity index (χ1) is 4.22. The zero-order chi connectivity index (χ0) is 7.28. The molecule has 0 N–H and O–H groups in total. The Kier molecular flexibility index (Phi) is 4.47. The van der Waals surface area contributed by atoms with Crippen molar-refractivity contribution in [1.82, 2.24) is 0 Å². The van der Waals surface area contributed by atoms with Gasteiger partial charge >= 0.3 is 0 Å². The number of allylic oxidation sites excluding steroid dienone is 1. The monoisotopic (exact) mass is 126 g/mol. The third-order valence-electron chi connectivity index (χ3n) is 1.78. The molecule has 0 rings (SSSR count). The molecular formula is C9H18. The van der Waals surface area contributed by atoms with Crippen LogP contribution in [0.2, 0.25) is 0 Å². The molecule has 9 heavy (non-hydrogen) atoms. The predicted molar refractivity (Wildman–Crippen MR) is 43.4 cm³/mol. The minimum Gasteiger partial charge on any atom is -0.103 e. The van der Waals surface area contributed by atoms with Crippen LogP contribution < -0.4 is 0 Å². The highest BCUT2D eigenvalue weighted by atomic mass is 14.1. The summed E-state index contributed by atoms with van der Waals surface area (Å²) in [5.41, 5.74) is 0. The third-order valence-corrected chi connectivity index (χ3v) is 1.78. The molecule has 0 fully saturated rings. The van der Waals surface area contributed by atoms with E-state index < -0.39 is 0 Å². The highest BCUT2D eigenvalue weighted by Gasteiger charge is 2.05. The van der Waals surface area contributed by atoms with E-state index in [0.717, 1.165) is 11.8 Å². The van der Waals surface area contributed by atoms with E-state index in [1.165, 1.54) is 12.8 Å². The molecule has 0 aliphatic carbocycles.